The molecule has 21 heavy (non-hydrogen) atoms. The fourth-order valence-electron chi connectivity index (χ4n) is 2.09. The van der Waals surface area contributed by atoms with E-state index < -0.39 is 16.7 Å². The maximum Gasteiger partial charge on any atom is 0.307 e. The van der Waals surface area contributed by atoms with Crippen molar-refractivity contribution in [3.05, 3.63) is 49.6 Å². The van der Waals surface area contributed by atoms with Crippen LogP contribution in [0, 0.1) is 10.1 Å². The molecule has 1 unspecified atom stereocenters. The quantitative estimate of drug-likeness (QED) is 0.641. The van der Waals surface area contributed by atoms with Crippen LogP contribution in [0.5, 0.6) is 0 Å². The molecular weight excluding hydrogens is 303 g/mol. The molecule has 0 aliphatic carbocycles. The van der Waals surface area contributed by atoms with Crippen LogP contribution >= 0.6 is 11.6 Å². The molecule has 0 radical (unpaired) electrons. The van der Waals surface area contributed by atoms with E-state index in [1.807, 2.05) is 0 Å². The number of hydrogen-bond acceptors (Lipinski definition) is 4. The van der Waals surface area contributed by atoms with Gasteiger partial charge in [-0.15, -0.1) is 0 Å². The number of hydrogen-bond donors (Lipinski definition) is 0. The summed E-state index contributed by atoms with van der Waals surface area (Å²) in [6.45, 7) is 3.18. The summed E-state index contributed by atoms with van der Waals surface area (Å²) in [6.07, 6.45) is 0.720. The molecule has 2 rings (SSSR count). The van der Waals surface area contributed by atoms with Crippen molar-refractivity contribution in [2.45, 2.75) is 26.6 Å². The first-order valence-corrected chi connectivity index (χ1v) is 6.51. The molecule has 2 heterocycles. The van der Waals surface area contributed by atoms with Crippen molar-refractivity contribution in [3.63, 3.8) is 0 Å². The van der Waals surface area contributed by atoms with Gasteiger partial charge in [-0.2, -0.15) is 5.10 Å². The van der Waals surface area contributed by atoms with E-state index in [9.17, 15) is 19.3 Å². The Bertz CT molecular complexity index is 753. The van der Waals surface area contributed by atoms with Crippen LogP contribution in [0.3, 0.4) is 0 Å². The minimum atomic E-state index is -1.46. The first kappa shape index (κ1) is 15.2. The van der Waals surface area contributed by atoms with Crippen LogP contribution in [-0.2, 0) is 6.54 Å². The molecule has 1 atom stereocenters. The third-order valence-corrected chi connectivity index (χ3v) is 3.26. The van der Waals surface area contributed by atoms with Gasteiger partial charge >= 0.3 is 5.69 Å². The molecule has 0 aromatic carbocycles. The van der Waals surface area contributed by atoms with Crippen molar-refractivity contribution in [3.8, 4) is 5.69 Å². The maximum absolute atomic E-state index is 13.9. The highest BCUT2D eigenvalue weighted by molar-refractivity contribution is 6.30. The van der Waals surface area contributed by atoms with Crippen LogP contribution < -0.4 is 5.56 Å². The molecule has 0 spiro atoms. The highest BCUT2D eigenvalue weighted by atomic mass is 35.5. The van der Waals surface area contributed by atoms with E-state index in [1.54, 1.807) is 6.92 Å². The maximum atomic E-state index is 13.9. The van der Waals surface area contributed by atoms with Gasteiger partial charge in [-0.1, -0.05) is 11.6 Å². The minimum absolute atomic E-state index is 0.0740. The average molecular weight is 315 g/mol. The van der Waals surface area contributed by atoms with Crippen LogP contribution in [0.25, 0.3) is 5.69 Å². The van der Waals surface area contributed by atoms with Gasteiger partial charge in [0.15, 0.2) is 0 Å². The van der Waals surface area contributed by atoms with Crippen molar-refractivity contribution in [1.82, 2.24) is 14.3 Å². The number of pyridine rings is 1. The number of halogens is 2. The van der Waals surface area contributed by atoms with Crippen molar-refractivity contribution in [2.24, 2.45) is 0 Å². The van der Waals surface area contributed by atoms with Crippen LogP contribution in [0.4, 0.5) is 10.1 Å². The van der Waals surface area contributed by atoms with Gasteiger partial charge in [-0.25, -0.2) is 9.07 Å². The van der Waals surface area contributed by atoms with E-state index in [0.29, 0.717) is 0 Å². The Hall–Kier alpha value is -2.22. The van der Waals surface area contributed by atoms with E-state index in [1.165, 1.54) is 17.6 Å². The SMILES string of the molecule is CCn1c(C(C)F)c(-n2cc([N+](=O)[O-])cn2)cc(Cl)c1=O. The zero-order valence-corrected chi connectivity index (χ0v) is 12.0. The lowest BCUT2D eigenvalue weighted by atomic mass is 10.2. The summed E-state index contributed by atoms with van der Waals surface area (Å²) in [5.41, 5.74) is -0.476. The molecule has 0 aliphatic heterocycles. The molecule has 9 heteroatoms. The van der Waals surface area contributed by atoms with E-state index >= 15 is 0 Å². The summed E-state index contributed by atoms with van der Waals surface area (Å²) < 4.78 is 16.3. The molecule has 112 valence electrons. The lowest BCUT2D eigenvalue weighted by molar-refractivity contribution is -0.384. The highest BCUT2D eigenvalue weighted by Crippen LogP contribution is 2.26. The van der Waals surface area contributed by atoms with Gasteiger partial charge in [0.2, 0.25) is 0 Å². The molecule has 2 aromatic heterocycles. The smallest absolute Gasteiger partial charge is 0.307 e. The second kappa shape index (κ2) is 5.65. The molecule has 7 nitrogen and oxygen atoms in total. The fourth-order valence-corrected chi connectivity index (χ4v) is 2.29. The Morgan fingerprint density at radius 3 is 2.71 bits per heavy atom. The minimum Gasteiger partial charge on any atom is -0.307 e. The van der Waals surface area contributed by atoms with Gasteiger partial charge in [-0.05, 0) is 19.9 Å². The Morgan fingerprint density at radius 2 is 2.24 bits per heavy atom. The van der Waals surface area contributed by atoms with Crippen LogP contribution in [-0.4, -0.2) is 19.3 Å². The van der Waals surface area contributed by atoms with Crippen molar-refractivity contribution >= 4 is 17.3 Å². The van der Waals surface area contributed by atoms with Gasteiger partial charge in [0.05, 0.1) is 16.3 Å². The van der Waals surface area contributed by atoms with Crippen molar-refractivity contribution in [2.75, 3.05) is 0 Å². The lowest BCUT2D eigenvalue weighted by Gasteiger charge is -2.17. The summed E-state index contributed by atoms with van der Waals surface area (Å²) in [7, 11) is 0. The van der Waals surface area contributed by atoms with E-state index in [-0.39, 0.29) is 28.6 Å². The van der Waals surface area contributed by atoms with Crippen molar-refractivity contribution < 1.29 is 9.31 Å². The second-order valence-electron chi connectivity index (χ2n) is 4.33. The zero-order valence-electron chi connectivity index (χ0n) is 11.3. The van der Waals surface area contributed by atoms with Gasteiger partial charge in [0.25, 0.3) is 5.56 Å². The molecular formula is C12H12ClFN4O3. The topological polar surface area (TPSA) is 83.0 Å². The predicted octanol–water partition coefficient (Wildman–Crippen LogP) is 2.65. The summed E-state index contributed by atoms with van der Waals surface area (Å²) in [4.78, 5) is 22.0. The Kier molecular flexibility index (Phi) is 4.08. The lowest BCUT2D eigenvalue weighted by Crippen LogP contribution is -2.26. The second-order valence-corrected chi connectivity index (χ2v) is 4.74. The molecule has 0 N–H and O–H groups in total. The third-order valence-electron chi connectivity index (χ3n) is 2.99. The van der Waals surface area contributed by atoms with Crippen LogP contribution in [0.2, 0.25) is 5.02 Å². The zero-order chi connectivity index (χ0) is 15.7. The number of alkyl halides is 1. The third kappa shape index (κ3) is 2.66. The number of rotatable bonds is 4. The van der Waals surface area contributed by atoms with E-state index in [4.69, 9.17) is 11.6 Å². The number of aromatic nitrogens is 3. The summed E-state index contributed by atoms with van der Waals surface area (Å²) >= 11 is 5.86. The van der Waals surface area contributed by atoms with Gasteiger partial charge < -0.3 is 4.57 Å². The number of nitro groups is 1. The number of nitrogens with zero attached hydrogens (tertiary/aromatic N) is 4. The highest BCUT2D eigenvalue weighted by Gasteiger charge is 2.21. The van der Waals surface area contributed by atoms with E-state index in [2.05, 4.69) is 5.10 Å². The van der Waals surface area contributed by atoms with Gasteiger partial charge in [0, 0.05) is 6.54 Å². The molecule has 0 bridgehead atoms. The first-order chi connectivity index (χ1) is 9.86. The summed E-state index contributed by atoms with van der Waals surface area (Å²) in [5, 5.41) is 14.4. The van der Waals surface area contributed by atoms with Gasteiger partial charge in [-0.3, -0.25) is 14.9 Å². The Morgan fingerprint density at radius 1 is 1.57 bits per heavy atom. The first-order valence-electron chi connectivity index (χ1n) is 6.13. The Balaban J connectivity index is 2.75. The average Bonchev–Trinajstić information content (AvgIpc) is 2.90. The monoisotopic (exact) mass is 314 g/mol. The molecule has 2 aromatic rings. The standard InChI is InChI=1S/C12H12ClFN4O3/c1-3-16-11(7(2)14)10(4-9(13)12(16)19)17-6-8(5-15-17)18(20)21/h4-7H,3H2,1-2H3. The van der Waals surface area contributed by atoms with Crippen molar-refractivity contribution in [1.29, 1.82) is 0 Å². The van der Waals surface area contributed by atoms with Crippen LogP contribution in [0.1, 0.15) is 25.7 Å². The Labute approximate surface area is 123 Å². The molecule has 0 fully saturated rings. The predicted molar refractivity (Wildman–Crippen MR) is 74.7 cm³/mol. The summed E-state index contributed by atoms with van der Waals surface area (Å²) in [6, 6.07) is 1.26. The molecule has 0 amide bonds. The normalized spacial score (nSPS) is 12.4. The molecule has 0 aliphatic rings. The van der Waals surface area contributed by atoms with Gasteiger partial charge in [0.1, 0.15) is 23.6 Å². The van der Waals surface area contributed by atoms with E-state index in [0.717, 1.165) is 17.1 Å². The molecule has 0 saturated heterocycles. The largest absolute Gasteiger partial charge is 0.307 e. The summed E-state index contributed by atoms with van der Waals surface area (Å²) in [5.74, 6) is 0. The fraction of sp³-hybridized carbons (Fsp3) is 0.333. The molecule has 0 saturated carbocycles. The van der Waals surface area contributed by atoms with Crippen LogP contribution in [0.15, 0.2) is 23.3 Å².